The van der Waals surface area contributed by atoms with Crippen LogP contribution < -0.4 is 0 Å². The normalized spacial score (nSPS) is 43.7. The monoisotopic (exact) mass is 282 g/mol. The molecule has 3 aliphatic carbocycles. The molecule has 3 fully saturated rings. The van der Waals surface area contributed by atoms with E-state index in [9.17, 15) is 25.0 Å². The summed E-state index contributed by atoms with van der Waals surface area (Å²) in [6, 6.07) is -1.21. The van der Waals surface area contributed by atoms with Crippen molar-refractivity contribution in [3.05, 3.63) is 20.2 Å². The first kappa shape index (κ1) is 13.5. The molecule has 3 aliphatic rings. The topological polar surface area (TPSA) is 103 Å². The van der Waals surface area contributed by atoms with Gasteiger partial charge in [0.15, 0.2) is 0 Å². The molecule has 0 saturated heterocycles. The Morgan fingerprint density at radius 2 is 1.20 bits per heavy atom. The van der Waals surface area contributed by atoms with E-state index in [1.165, 1.54) is 0 Å². The number of rotatable bonds is 2. The third-order valence-corrected chi connectivity index (χ3v) is 5.63. The Labute approximate surface area is 116 Å². The second-order valence-electron chi connectivity index (χ2n) is 6.45. The molecule has 0 radical (unpaired) electrons. The van der Waals surface area contributed by atoms with Gasteiger partial charge < -0.3 is 0 Å². The van der Waals surface area contributed by atoms with Gasteiger partial charge in [-0.05, 0) is 24.7 Å². The van der Waals surface area contributed by atoms with Crippen LogP contribution in [0.25, 0.3) is 0 Å². The van der Waals surface area contributed by atoms with Crippen molar-refractivity contribution in [2.45, 2.75) is 50.6 Å². The lowest BCUT2D eigenvalue weighted by Crippen LogP contribution is -2.34. The lowest BCUT2D eigenvalue weighted by molar-refractivity contribution is -0.529. The third-order valence-electron chi connectivity index (χ3n) is 5.63. The summed E-state index contributed by atoms with van der Waals surface area (Å²) in [4.78, 5) is 33.7. The summed E-state index contributed by atoms with van der Waals surface area (Å²) in [6.45, 7) is 0. The molecule has 6 atom stereocenters. The van der Waals surface area contributed by atoms with Crippen LogP contribution in [0.1, 0.15) is 38.5 Å². The van der Waals surface area contributed by atoms with E-state index in [1.807, 2.05) is 0 Å². The van der Waals surface area contributed by atoms with Gasteiger partial charge in [0, 0.05) is 47.4 Å². The van der Waals surface area contributed by atoms with E-state index in [0.717, 1.165) is 12.8 Å². The second-order valence-corrected chi connectivity index (χ2v) is 6.45. The summed E-state index contributed by atoms with van der Waals surface area (Å²) in [5, 5.41) is 21.8. The highest BCUT2D eigenvalue weighted by Gasteiger charge is 2.56. The lowest BCUT2D eigenvalue weighted by Gasteiger charge is -2.32. The quantitative estimate of drug-likeness (QED) is 0.566. The number of fused-ring (bicyclic) bond motifs is 3. The van der Waals surface area contributed by atoms with Crippen LogP contribution in [-0.4, -0.2) is 27.7 Å². The van der Waals surface area contributed by atoms with Gasteiger partial charge in [0.2, 0.25) is 12.1 Å². The summed E-state index contributed by atoms with van der Waals surface area (Å²) in [5.41, 5.74) is 0. The second kappa shape index (κ2) is 4.79. The third kappa shape index (κ3) is 1.99. The molecule has 0 N–H and O–H groups in total. The van der Waals surface area contributed by atoms with Crippen LogP contribution in [-0.2, 0) is 4.79 Å². The number of nitrogens with zero attached hydrogens (tertiary/aromatic N) is 2. The van der Waals surface area contributed by atoms with Gasteiger partial charge in [-0.1, -0.05) is 0 Å². The maximum atomic E-state index is 12.5. The van der Waals surface area contributed by atoms with E-state index in [0.29, 0.717) is 25.7 Å². The van der Waals surface area contributed by atoms with Gasteiger partial charge >= 0.3 is 0 Å². The molecule has 110 valence electrons. The first-order chi connectivity index (χ1) is 9.49. The minimum absolute atomic E-state index is 0.0677. The van der Waals surface area contributed by atoms with Crippen molar-refractivity contribution in [1.82, 2.24) is 0 Å². The summed E-state index contributed by atoms with van der Waals surface area (Å²) >= 11 is 0. The van der Waals surface area contributed by atoms with Crippen molar-refractivity contribution >= 4 is 5.78 Å². The van der Waals surface area contributed by atoms with Crippen LogP contribution in [0.4, 0.5) is 0 Å². The molecule has 0 heterocycles. The molecule has 6 unspecified atom stereocenters. The van der Waals surface area contributed by atoms with E-state index < -0.39 is 12.1 Å². The molecule has 0 amide bonds. The van der Waals surface area contributed by atoms with Crippen molar-refractivity contribution in [3.63, 3.8) is 0 Å². The van der Waals surface area contributed by atoms with Crippen LogP contribution in [0, 0.1) is 43.9 Å². The SMILES string of the molecule is O=C1C2CC([N+](=O)[O-])CCC2C2CCC([N+](=O)[O-])CC12. The Bertz CT molecular complexity index is 426. The number of hydrogen-bond acceptors (Lipinski definition) is 5. The summed E-state index contributed by atoms with van der Waals surface area (Å²) in [6.07, 6.45) is 3.23. The van der Waals surface area contributed by atoms with Gasteiger partial charge in [0.05, 0.1) is 0 Å². The minimum atomic E-state index is -0.605. The zero-order valence-electron chi connectivity index (χ0n) is 11.1. The van der Waals surface area contributed by atoms with E-state index in [4.69, 9.17) is 0 Å². The van der Waals surface area contributed by atoms with Crippen LogP contribution in [0.15, 0.2) is 0 Å². The van der Waals surface area contributed by atoms with Gasteiger partial charge in [-0.3, -0.25) is 25.0 Å². The molecule has 0 aromatic rings. The van der Waals surface area contributed by atoms with Crippen LogP contribution >= 0.6 is 0 Å². The highest BCUT2D eigenvalue weighted by Crippen LogP contribution is 2.52. The smallest absolute Gasteiger partial charge is 0.213 e. The Kier molecular flexibility index (Phi) is 3.22. The Morgan fingerprint density at radius 3 is 1.55 bits per heavy atom. The predicted octanol–water partition coefficient (Wildman–Crippen LogP) is 1.69. The molecule has 0 aliphatic heterocycles. The molecule has 0 bridgehead atoms. The van der Waals surface area contributed by atoms with Gasteiger partial charge in [-0.15, -0.1) is 0 Å². The number of carbonyl (C=O) groups is 1. The van der Waals surface area contributed by atoms with Gasteiger partial charge in [-0.2, -0.15) is 0 Å². The summed E-state index contributed by atoms with van der Waals surface area (Å²) in [5.74, 6) is 0.0882. The molecular formula is C13H18N2O5. The number of ketones is 1. The van der Waals surface area contributed by atoms with Crippen molar-refractivity contribution in [3.8, 4) is 0 Å². The van der Waals surface area contributed by atoms with Gasteiger partial charge in [0.1, 0.15) is 5.78 Å². The number of carbonyl (C=O) groups excluding carboxylic acids is 1. The molecule has 0 aromatic heterocycles. The first-order valence-electron chi connectivity index (χ1n) is 7.29. The molecule has 7 heteroatoms. The average Bonchev–Trinajstić information content (AvgIpc) is 2.71. The molecule has 0 aromatic carbocycles. The van der Waals surface area contributed by atoms with Crippen molar-refractivity contribution in [1.29, 1.82) is 0 Å². The fraction of sp³-hybridized carbons (Fsp3) is 0.923. The fourth-order valence-electron chi connectivity index (χ4n) is 4.68. The minimum Gasteiger partial charge on any atom is -0.299 e. The van der Waals surface area contributed by atoms with E-state index in [1.54, 1.807) is 0 Å². The maximum Gasteiger partial charge on any atom is 0.213 e. The molecule has 7 nitrogen and oxygen atoms in total. The number of Topliss-reactive ketones (excluding diaryl/α,β-unsaturated/α-hetero) is 1. The summed E-state index contributed by atoms with van der Waals surface area (Å²) in [7, 11) is 0. The first-order valence-corrected chi connectivity index (χ1v) is 7.29. The van der Waals surface area contributed by atoms with Crippen LogP contribution in [0.2, 0.25) is 0 Å². The van der Waals surface area contributed by atoms with Crippen LogP contribution in [0.3, 0.4) is 0 Å². The molecular weight excluding hydrogens is 264 g/mol. The molecule has 20 heavy (non-hydrogen) atoms. The standard InChI is InChI=1S/C13H18N2O5/c16-13-11-5-7(14(17)18)1-3-9(11)10-4-2-8(15(19)20)6-12(10)13/h7-12H,1-6H2. The van der Waals surface area contributed by atoms with Gasteiger partial charge in [-0.25, -0.2) is 0 Å². The average molecular weight is 282 g/mol. The zero-order valence-corrected chi connectivity index (χ0v) is 11.1. The predicted molar refractivity (Wildman–Crippen MR) is 68.2 cm³/mol. The largest absolute Gasteiger partial charge is 0.299 e. The van der Waals surface area contributed by atoms with Crippen LogP contribution in [0.5, 0.6) is 0 Å². The Balaban J connectivity index is 1.77. The highest BCUT2D eigenvalue weighted by molar-refractivity contribution is 5.86. The number of hydrogen-bond donors (Lipinski definition) is 0. The maximum absolute atomic E-state index is 12.5. The lowest BCUT2D eigenvalue weighted by atomic mass is 9.71. The highest BCUT2D eigenvalue weighted by atomic mass is 16.6. The zero-order chi connectivity index (χ0) is 14.4. The Morgan fingerprint density at radius 1 is 0.800 bits per heavy atom. The number of nitro groups is 2. The van der Waals surface area contributed by atoms with Crippen molar-refractivity contribution < 1.29 is 14.6 Å². The van der Waals surface area contributed by atoms with E-state index in [2.05, 4.69) is 0 Å². The molecule has 3 saturated carbocycles. The van der Waals surface area contributed by atoms with E-state index in [-0.39, 0.29) is 39.3 Å². The van der Waals surface area contributed by atoms with E-state index >= 15 is 0 Å². The van der Waals surface area contributed by atoms with Crippen molar-refractivity contribution in [2.24, 2.45) is 23.7 Å². The van der Waals surface area contributed by atoms with Gasteiger partial charge in [0.25, 0.3) is 0 Å². The van der Waals surface area contributed by atoms with Crippen molar-refractivity contribution in [2.75, 3.05) is 0 Å². The summed E-state index contributed by atoms with van der Waals surface area (Å²) < 4.78 is 0. The Hall–Kier alpha value is -1.53. The molecule has 3 rings (SSSR count). The molecule has 0 spiro atoms. The fourth-order valence-corrected chi connectivity index (χ4v) is 4.68.